The zero-order chi connectivity index (χ0) is 14.8. The Kier molecular flexibility index (Phi) is 4.24. The quantitative estimate of drug-likeness (QED) is 0.925. The van der Waals surface area contributed by atoms with E-state index in [1.54, 1.807) is 6.20 Å². The summed E-state index contributed by atoms with van der Waals surface area (Å²) in [6.07, 6.45) is 3.35. The number of nitrogens with zero attached hydrogens (tertiary/aromatic N) is 2. The van der Waals surface area contributed by atoms with Crippen molar-refractivity contribution in [2.75, 3.05) is 13.1 Å². The topological polar surface area (TPSA) is 59.2 Å². The zero-order valence-corrected chi connectivity index (χ0v) is 13.0. The number of nitrogens with two attached hydrogens (primary N) is 1. The number of halogens is 1. The molecule has 3 rings (SSSR count). The van der Waals surface area contributed by atoms with Gasteiger partial charge in [-0.05, 0) is 36.4 Å². The predicted octanol–water partition coefficient (Wildman–Crippen LogP) is 3.03. The molecule has 110 valence electrons. The number of rotatable bonds is 2. The van der Waals surface area contributed by atoms with Crippen molar-refractivity contribution in [1.29, 1.82) is 0 Å². The van der Waals surface area contributed by atoms with Crippen LogP contribution in [-0.2, 0) is 0 Å². The Balaban J connectivity index is 1.75. The van der Waals surface area contributed by atoms with Gasteiger partial charge in [0.05, 0.1) is 11.3 Å². The molecule has 1 saturated heterocycles. The van der Waals surface area contributed by atoms with E-state index in [2.05, 4.69) is 4.98 Å². The van der Waals surface area contributed by atoms with Crippen LogP contribution >= 0.6 is 22.9 Å². The number of hydrogen-bond acceptors (Lipinski definition) is 4. The Labute approximate surface area is 132 Å². The maximum absolute atomic E-state index is 12.4. The van der Waals surface area contributed by atoms with E-state index in [9.17, 15) is 4.79 Å². The highest BCUT2D eigenvalue weighted by molar-refractivity contribution is 7.15. The number of likely N-dealkylation sites (tertiary alicyclic amines) is 1. The molecule has 21 heavy (non-hydrogen) atoms. The molecule has 0 spiro atoms. The molecule has 0 radical (unpaired) electrons. The summed E-state index contributed by atoms with van der Waals surface area (Å²) < 4.78 is 0.714. The van der Waals surface area contributed by atoms with Crippen molar-refractivity contribution in [3.63, 3.8) is 0 Å². The van der Waals surface area contributed by atoms with Crippen LogP contribution in [-0.4, -0.2) is 34.9 Å². The first-order valence-electron chi connectivity index (χ1n) is 6.89. The van der Waals surface area contributed by atoms with Crippen molar-refractivity contribution >= 4 is 28.8 Å². The third kappa shape index (κ3) is 3.10. The molecule has 2 aromatic rings. The molecule has 1 aliphatic heterocycles. The van der Waals surface area contributed by atoms with Crippen LogP contribution < -0.4 is 5.73 Å². The van der Waals surface area contributed by atoms with Crippen LogP contribution in [0.25, 0.3) is 11.3 Å². The summed E-state index contributed by atoms with van der Waals surface area (Å²) in [5, 5.41) is 1.93. The Morgan fingerprint density at radius 1 is 1.33 bits per heavy atom. The lowest BCUT2D eigenvalue weighted by Crippen LogP contribution is -2.42. The first-order chi connectivity index (χ1) is 10.1. The Morgan fingerprint density at radius 2 is 2.10 bits per heavy atom. The van der Waals surface area contributed by atoms with Gasteiger partial charge in [-0.15, -0.1) is 11.3 Å². The molecule has 1 amide bonds. The second-order valence-corrected chi connectivity index (χ2v) is 6.69. The largest absolute Gasteiger partial charge is 0.338 e. The monoisotopic (exact) mass is 321 g/mol. The number of amides is 1. The lowest BCUT2D eigenvalue weighted by Gasteiger charge is -2.30. The molecular weight excluding hydrogens is 306 g/mol. The van der Waals surface area contributed by atoms with Gasteiger partial charge in [-0.3, -0.25) is 9.78 Å². The van der Waals surface area contributed by atoms with Crippen LogP contribution in [0.5, 0.6) is 0 Å². The highest BCUT2D eigenvalue weighted by Gasteiger charge is 2.21. The van der Waals surface area contributed by atoms with E-state index >= 15 is 0 Å². The molecular formula is C15H16ClN3OS. The van der Waals surface area contributed by atoms with Crippen LogP contribution in [0.2, 0.25) is 4.34 Å². The molecule has 0 bridgehead atoms. The molecule has 6 heteroatoms. The molecule has 4 nitrogen and oxygen atoms in total. The van der Waals surface area contributed by atoms with Gasteiger partial charge in [0, 0.05) is 30.9 Å². The number of carbonyl (C=O) groups is 1. The molecule has 1 fully saturated rings. The Morgan fingerprint density at radius 3 is 2.67 bits per heavy atom. The summed E-state index contributed by atoms with van der Waals surface area (Å²) in [5.41, 5.74) is 8.17. The van der Waals surface area contributed by atoms with E-state index in [1.807, 2.05) is 28.5 Å². The highest BCUT2D eigenvalue weighted by Crippen LogP contribution is 2.31. The first kappa shape index (κ1) is 14.5. The van der Waals surface area contributed by atoms with Crippen LogP contribution in [0.4, 0.5) is 0 Å². The number of piperidine rings is 1. The summed E-state index contributed by atoms with van der Waals surface area (Å²) in [5.74, 6) is 0.0253. The zero-order valence-electron chi connectivity index (χ0n) is 11.5. The van der Waals surface area contributed by atoms with Gasteiger partial charge in [0.1, 0.15) is 4.34 Å². The molecule has 0 unspecified atom stereocenters. The molecule has 0 aromatic carbocycles. The first-order valence-corrected chi connectivity index (χ1v) is 8.15. The number of thiophene rings is 1. The summed E-state index contributed by atoms with van der Waals surface area (Å²) in [6.45, 7) is 1.44. The van der Waals surface area contributed by atoms with Crippen molar-refractivity contribution in [2.45, 2.75) is 18.9 Å². The van der Waals surface area contributed by atoms with E-state index in [0.717, 1.165) is 37.2 Å². The smallest absolute Gasteiger partial charge is 0.255 e. The van der Waals surface area contributed by atoms with Crippen LogP contribution in [0.15, 0.2) is 29.8 Å². The number of pyridine rings is 1. The number of carbonyl (C=O) groups excluding carboxylic acids is 1. The lowest BCUT2D eigenvalue weighted by atomic mass is 10.1. The van der Waals surface area contributed by atoms with Gasteiger partial charge in [-0.25, -0.2) is 0 Å². The highest BCUT2D eigenvalue weighted by atomic mass is 35.5. The van der Waals surface area contributed by atoms with Gasteiger partial charge < -0.3 is 10.6 Å². The van der Waals surface area contributed by atoms with Gasteiger partial charge in [0.2, 0.25) is 0 Å². The van der Waals surface area contributed by atoms with Crippen LogP contribution in [0.3, 0.4) is 0 Å². The molecule has 0 saturated carbocycles. The Hall–Kier alpha value is -1.43. The fraction of sp³-hybridized carbons (Fsp3) is 0.333. The van der Waals surface area contributed by atoms with Crippen LogP contribution in [0, 0.1) is 0 Å². The fourth-order valence-corrected chi connectivity index (χ4v) is 3.38. The molecule has 2 aromatic heterocycles. The number of aromatic nitrogens is 1. The maximum atomic E-state index is 12.4. The van der Waals surface area contributed by atoms with E-state index in [1.165, 1.54) is 11.3 Å². The summed E-state index contributed by atoms with van der Waals surface area (Å²) in [7, 11) is 0. The molecule has 0 aliphatic carbocycles. The third-order valence-electron chi connectivity index (χ3n) is 3.73. The van der Waals surface area contributed by atoms with Crippen molar-refractivity contribution in [2.24, 2.45) is 5.73 Å². The molecule has 1 aliphatic rings. The average molecular weight is 322 g/mol. The van der Waals surface area contributed by atoms with Gasteiger partial charge >= 0.3 is 0 Å². The van der Waals surface area contributed by atoms with E-state index in [-0.39, 0.29) is 11.9 Å². The lowest BCUT2D eigenvalue weighted by molar-refractivity contribution is 0.0714. The van der Waals surface area contributed by atoms with E-state index in [0.29, 0.717) is 9.90 Å². The second-order valence-electron chi connectivity index (χ2n) is 5.17. The summed E-state index contributed by atoms with van der Waals surface area (Å²) in [4.78, 5) is 18.6. The third-order valence-corrected chi connectivity index (χ3v) is 4.90. The van der Waals surface area contributed by atoms with Crippen LogP contribution in [0.1, 0.15) is 23.2 Å². The van der Waals surface area contributed by atoms with Crippen molar-refractivity contribution < 1.29 is 4.79 Å². The van der Waals surface area contributed by atoms with Gasteiger partial charge in [0.25, 0.3) is 5.91 Å². The van der Waals surface area contributed by atoms with Gasteiger partial charge in [-0.1, -0.05) is 11.6 Å². The van der Waals surface area contributed by atoms with E-state index in [4.69, 9.17) is 17.3 Å². The summed E-state index contributed by atoms with van der Waals surface area (Å²) >= 11 is 7.57. The normalized spacial score (nSPS) is 16.2. The minimum atomic E-state index is 0.0253. The molecule has 3 heterocycles. The van der Waals surface area contributed by atoms with Crippen molar-refractivity contribution in [1.82, 2.24) is 9.88 Å². The Bertz CT molecular complexity index is 633. The van der Waals surface area contributed by atoms with Gasteiger partial charge in [0.15, 0.2) is 0 Å². The fourth-order valence-electron chi connectivity index (χ4n) is 2.44. The van der Waals surface area contributed by atoms with Crippen molar-refractivity contribution in [3.8, 4) is 11.3 Å². The number of hydrogen-bond donors (Lipinski definition) is 1. The maximum Gasteiger partial charge on any atom is 0.255 e. The minimum Gasteiger partial charge on any atom is -0.338 e. The van der Waals surface area contributed by atoms with Crippen molar-refractivity contribution in [3.05, 3.63) is 39.7 Å². The molecule has 0 atom stereocenters. The van der Waals surface area contributed by atoms with E-state index < -0.39 is 0 Å². The second kappa shape index (κ2) is 6.13. The minimum absolute atomic E-state index is 0.0253. The summed E-state index contributed by atoms with van der Waals surface area (Å²) in [6, 6.07) is 5.81. The SMILES string of the molecule is NC1CCN(C(=O)c2ccc(-c3ccsc3Cl)nc2)CC1. The molecule has 2 N–H and O–H groups in total. The predicted molar refractivity (Wildman–Crippen MR) is 85.7 cm³/mol. The average Bonchev–Trinajstić information content (AvgIpc) is 2.94. The standard InChI is InChI=1S/C15H16ClN3OS/c16-14-12(5-8-21-14)13-2-1-10(9-18-13)15(20)19-6-3-11(17)4-7-19/h1-2,5,8-9,11H,3-4,6-7,17H2. The van der Waals surface area contributed by atoms with Gasteiger partial charge in [-0.2, -0.15) is 0 Å².